The van der Waals surface area contributed by atoms with Crippen LogP contribution in [0.1, 0.15) is 37.7 Å². The number of hydroxylamine groups is 2. The van der Waals surface area contributed by atoms with Crippen LogP contribution in [0.3, 0.4) is 0 Å². The second kappa shape index (κ2) is 9.19. The Hall–Kier alpha value is -1.02. The van der Waals surface area contributed by atoms with E-state index in [1.54, 1.807) is 0 Å². The maximum Gasteiger partial charge on any atom is 0.303 e. The second-order valence-corrected chi connectivity index (χ2v) is 6.42. The van der Waals surface area contributed by atoms with Gasteiger partial charge in [0.15, 0.2) is 0 Å². The molecule has 1 aliphatic heterocycles. The highest BCUT2D eigenvalue weighted by Crippen LogP contribution is 2.32. The van der Waals surface area contributed by atoms with E-state index in [1.807, 2.05) is 30.3 Å². The predicted octanol–water partition coefficient (Wildman–Crippen LogP) is 4.61. The van der Waals surface area contributed by atoms with Crippen LogP contribution in [0.25, 0.3) is 6.08 Å². The van der Waals surface area contributed by atoms with Gasteiger partial charge >= 0.3 is 5.97 Å². The summed E-state index contributed by atoms with van der Waals surface area (Å²) in [7, 11) is 0. The number of benzene rings is 1. The summed E-state index contributed by atoms with van der Waals surface area (Å²) in [6, 6.07) is 7.89. The lowest BCUT2D eigenvalue weighted by Gasteiger charge is -2.10. The van der Waals surface area contributed by atoms with Crippen LogP contribution in [0.5, 0.6) is 0 Å². The molecule has 1 aliphatic rings. The molecule has 2 rings (SSSR count). The topological polar surface area (TPSA) is 59.0 Å². The van der Waals surface area contributed by atoms with Gasteiger partial charge in [0, 0.05) is 17.0 Å². The van der Waals surface area contributed by atoms with E-state index in [9.17, 15) is 4.79 Å². The van der Waals surface area contributed by atoms with E-state index in [4.69, 9.17) is 14.2 Å². The van der Waals surface area contributed by atoms with E-state index in [1.165, 1.54) is 17.3 Å². The molecular weight excluding hydrogens is 370 g/mol. The summed E-state index contributed by atoms with van der Waals surface area (Å²) in [6.07, 6.45) is 5.66. The second-order valence-electron chi connectivity index (χ2n) is 4.85. The number of rotatable bonds is 8. The van der Waals surface area contributed by atoms with Crippen molar-refractivity contribution in [1.82, 2.24) is 5.23 Å². The molecule has 0 unspecified atom stereocenters. The van der Waals surface area contributed by atoms with Crippen LogP contribution < -0.4 is 0 Å². The Balaban J connectivity index is 1.68. The van der Waals surface area contributed by atoms with Crippen LogP contribution in [-0.2, 0) is 13.9 Å². The van der Waals surface area contributed by atoms with Crippen molar-refractivity contribution in [3.05, 3.63) is 39.4 Å². The first-order valence-corrected chi connectivity index (χ1v) is 8.67. The van der Waals surface area contributed by atoms with Crippen molar-refractivity contribution < 1.29 is 19.0 Å². The van der Waals surface area contributed by atoms with Crippen molar-refractivity contribution in [2.24, 2.45) is 0 Å². The maximum absolute atomic E-state index is 10.4. The Bertz CT molecular complexity index is 538. The van der Waals surface area contributed by atoms with Crippen molar-refractivity contribution in [2.75, 3.05) is 6.54 Å². The molecule has 0 aromatic heterocycles. The van der Waals surface area contributed by atoms with E-state index in [0.29, 0.717) is 11.6 Å². The van der Waals surface area contributed by atoms with Crippen LogP contribution >= 0.6 is 28.0 Å². The van der Waals surface area contributed by atoms with E-state index in [2.05, 4.69) is 15.9 Å². The molecule has 0 saturated carbocycles. The third-order valence-corrected chi connectivity index (χ3v) is 4.37. The molecule has 22 heavy (non-hydrogen) atoms. The lowest BCUT2D eigenvalue weighted by atomic mass is 10.1. The Labute approximate surface area is 142 Å². The van der Waals surface area contributed by atoms with Gasteiger partial charge in [-0.15, -0.1) is 0 Å². The van der Waals surface area contributed by atoms with Gasteiger partial charge in [-0.3, -0.25) is 4.79 Å². The van der Waals surface area contributed by atoms with Gasteiger partial charge in [0.25, 0.3) is 0 Å². The summed E-state index contributed by atoms with van der Waals surface area (Å²) < 4.78 is 6.38. The standard InChI is InChI=1S/C15H18BrNO4S/c16-13-8-5-4-7-12(13)11-15-20-17(21-22-15)10-6-2-1-3-9-14(18)19/h4-5,7-8,11H,1-3,6,9-10H2,(H,18,19)/b15-11-. The summed E-state index contributed by atoms with van der Waals surface area (Å²) in [6.45, 7) is 0.660. The minimum absolute atomic E-state index is 0.241. The predicted molar refractivity (Wildman–Crippen MR) is 89.3 cm³/mol. The number of carboxylic acid groups (broad SMARTS) is 1. The molecule has 0 bridgehead atoms. The number of nitrogens with zero attached hydrogens (tertiary/aromatic N) is 1. The number of carbonyl (C=O) groups is 1. The van der Waals surface area contributed by atoms with Gasteiger partial charge in [-0.25, -0.2) is 0 Å². The minimum atomic E-state index is -0.732. The molecule has 0 radical (unpaired) electrons. The largest absolute Gasteiger partial charge is 0.481 e. The molecule has 0 spiro atoms. The highest BCUT2D eigenvalue weighted by Gasteiger charge is 2.21. The summed E-state index contributed by atoms with van der Waals surface area (Å²) in [5, 5.41) is 10.7. The third kappa shape index (κ3) is 6.00. The zero-order valence-electron chi connectivity index (χ0n) is 12.0. The van der Waals surface area contributed by atoms with Crippen LogP contribution in [0.2, 0.25) is 0 Å². The summed E-state index contributed by atoms with van der Waals surface area (Å²) >= 11 is 4.68. The van der Waals surface area contributed by atoms with E-state index >= 15 is 0 Å². The molecular formula is C15H18BrNO4S. The highest BCUT2D eigenvalue weighted by atomic mass is 79.9. The average Bonchev–Trinajstić information content (AvgIpc) is 2.92. The van der Waals surface area contributed by atoms with Crippen molar-refractivity contribution in [3.8, 4) is 0 Å². The van der Waals surface area contributed by atoms with E-state index < -0.39 is 5.97 Å². The zero-order valence-corrected chi connectivity index (χ0v) is 14.4. The molecule has 0 amide bonds. The Morgan fingerprint density at radius 1 is 1.27 bits per heavy atom. The molecule has 5 nitrogen and oxygen atoms in total. The molecule has 1 N–H and O–H groups in total. The van der Waals surface area contributed by atoms with Gasteiger partial charge in [-0.2, -0.15) is 4.28 Å². The van der Waals surface area contributed by atoms with Crippen molar-refractivity contribution in [3.63, 3.8) is 0 Å². The molecule has 7 heteroatoms. The number of aliphatic carboxylic acids is 1. The number of unbranched alkanes of at least 4 members (excludes halogenated alkanes) is 3. The quantitative estimate of drug-likeness (QED) is 0.519. The zero-order chi connectivity index (χ0) is 15.8. The Kier molecular flexibility index (Phi) is 7.24. The van der Waals surface area contributed by atoms with Gasteiger partial charge in [-0.05, 0) is 29.7 Å². The molecule has 120 valence electrons. The SMILES string of the molecule is O=C(O)CCCCCCN1OS/C(=C\c2ccccc2Br)O1. The van der Waals surface area contributed by atoms with Crippen molar-refractivity contribution in [1.29, 1.82) is 0 Å². The van der Waals surface area contributed by atoms with Gasteiger partial charge in [-0.1, -0.05) is 47.0 Å². The average molecular weight is 388 g/mol. The molecule has 0 aliphatic carbocycles. The summed E-state index contributed by atoms with van der Waals surface area (Å²) in [5.41, 5.74) is 1.03. The van der Waals surface area contributed by atoms with Crippen LogP contribution in [-0.4, -0.2) is 22.8 Å². The van der Waals surface area contributed by atoms with Crippen molar-refractivity contribution in [2.45, 2.75) is 32.1 Å². The van der Waals surface area contributed by atoms with Crippen LogP contribution in [0.4, 0.5) is 0 Å². The smallest absolute Gasteiger partial charge is 0.303 e. The molecule has 1 heterocycles. The molecule has 0 atom stereocenters. The number of hydrogen-bond acceptors (Lipinski definition) is 5. The first-order valence-electron chi connectivity index (χ1n) is 7.13. The van der Waals surface area contributed by atoms with Gasteiger partial charge in [0.2, 0.25) is 5.09 Å². The van der Waals surface area contributed by atoms with Gasteiger partial charge in [0.05, 0.1) is 18.6 Å². The first-order chi connectivity index (χ1) is 10.6. The molecule has 1 fully saturated rings. The first kappa shape index (κ1) is 17.3. The summed E-state index contributed by atoms with van der Waals surface area (Å²) in [4.78, 5) is 16.0. The van der Waals surface area contributed by atoms with Gasteiger partial charge < -0.3 is 9.94 Å². The number of carboxylic acids is 1. The van der Waals surface area contributed by atoms with Gasteiger partial charge in [0.1, 0.15) is 0 Å². The molecule has 1 aromatic carbocycles. The lowest BCUT2D eigenvalue weighted by Crippen LogP contribution is -2.16. The fraction of sp³-hybridized carbons (Fsp3) is 0.400. The molecule has 1 aromatic rings. The normalized spacial score (nSPS) is 16.9. The van der Waals surface area contributed by atoms with Crippen LogP contribution in [0.15, 0.2) is 33.8 Å². The lowest BCUT2D eigenvalue weighted by molar-refractivity contribution is -0.259. The number of halogens is 1. The number of hydrogen-bond donors (Lipinski definition) is 1. The van der Waals surface area contributed by atoms with Crippen molar-refractivity contribution >= 4 is 40.0 Å². The Morgan fingerprint density at radius 2 is 2.05 bits per heavy atom. The fourth-order valence-electron chi connectivity index (χ4n) is 1.93. The minimum Gasteiger partial charge on any atom is -0.481 e. The Morgan fingerprint density at radius 3 is 2.82 bits per heavy atom. The van der Waals surface area contributed by atoms with E-state index in [0.717, 1.165) is 35.7 Å². The van der Waals surface area contributed by atoms with Crippen LogP contribution in [0, 0.1) is 0 Å². The maximum atomic E-state index is 10.4. The third-order valence-electron chi connectivity index (χ3n) is 3.05. The van der Waals surface area contributed by atoms with E-state index in [-0.39, 0.29) is 6.42 Å². The highest BCUT2D eigenvalue weighted by molar-refractivity contribution is 9.10. The monoisotopic (exact) mass is 387 g/mol. The fourth-order valence-corrected chi connectivity index (χ4v) is 2.88. The summed E-state index contributed by atoms with van der Waals surface area (Å²) in [5.74, 6) is -0.732. The molecule has 1 saturated heterocycles.